The summed E-state index contributed by atoms with van der Waals surface area (Å²) >= 11 is 0. The Balaban J connectivity index is 2.62. The van der Waals surface area contributed by atoms with Crippen molar-refractivity contribution < 1.29 is 14.3 Å². The molecule has 6 heteroatoms. The Hall–Kier alpha value is -1.40. The number of likely N-dealkylation sites (N-methyl/N-ethyl adjacent to an activating group) is 1. The van der Waals surface area contributed by atoms with E-state index in [1.165, 1.54) is 0 Å². The third-order valence-corrected chi connectivity index (χ3v) is 3.84. The van der Waals surface area contributed by atoms with Crippen LogP contribution in [0.25, 0.3) is 0 Å². The summed E-state index contributed by atoms with van der Waals surface area (Å²) in [5.41, 5.74) is 4.77. The molecule has 1 fully saturated rings. The van der Waals surface area contributed by atoms with E-state index < -0.39 is 5.60 Å². The van der Waals surface area contributed by atoms with Gasteiger partial charge in [-0.15, -0.1) is 0 Å². The smallest absolute Gasteiger partial charge is 0.246 e. The second-order valence-corrected chi connectivity index (χ2v) is 5.88. The van der Waals surface area contributed by atoms with Crippen LogP contribution in [-0.4, -0.2) is 68.1 Å². The van der Waals surface area contributed by atoms with Gasteiger partial charge >= 0.3 is 0 Å². The first-order valence-corrected chi connectivity index (χ1v) is 7.32. The molecular weight excluding hydrogens is 270 g/mol. The topological polar surface area (TPSA) is 75.9 Å². The van der Waals surface area contributed by atoms with Crippen LogP contribution in [0.1, 0.15) is 25.7 Å². The van der Waals surface area contributed by atoms with Crippen molar-refractivity contribution in [2.45, 2.75) is 31.3 Å². The SMILES string of the molecule is COC1(CCC(N)=O)CCCN(C(=O)/C=C/CN(C)C)C1. The molecule has 0 saturated carbocycles. The zero-order chi connectivity index (χ0) is 15.9. The van der Waals surface area contributed by atoms with E-state index >= 15 is 0 Å². The maximum absolute atomic E-state index is 12.2. The number of hydrogen-bond acceptors (Lipinski definition) is 4. The van der Waals surface area contributed by atoms with Crippen LogP contribution in [0.4, 0.5) is 0 Å². The number of primary amides is 1. The first-order valence-electron chi connectivity index (χ1n) is 7.32. The second kappa shape index (κ2) is 8.14. The molecule has 1 aliphatic heterocycles. The van der Waals surface area contributed by atoms with Gasteiger partial charge in [-0.1, -0.05) is 6.08 Å². The number of hydrogen-bond donors (Lipinski definition) is 1. The third-order valence-electron chi connectivity index (χ3n) is 3.84. The fourth-order valence-electron chi connectivity index (χ4n) is 2.58. The molecule has 1 aliphatic rings. The number of carbonyl (C=O) groups is 2. The molecule has 0 aliphatic carbocycles. The van der Waals surface area contributed by atoms with Gasteiger partial charge in [0.15, 0.2) is 0 Å². The summed E-state index contributed by atoms with van der Waals surface area (Å²) in [6.45, 7) is 1.98. The van der Waals surface area contributed by atoms with Gasteiger partial charge in [-0.3, -0.25) is 9.59 Å². The van der Waals surface area contributed by atoms with Gasteiger partial charge in [0.25, 0.3) is 0 Å². The lowest BCUT2D eigenvalue weighted by Crippen LogP contribution is -2.51. The Morgan fingerprint density at radius 2 is 2.14 bits per heavy atom. The lowest BCUT2D eigenvalue weighted by Gasteiger charge is -2.41. The van der Waals surface area contributed by atoms with Crippen molar-refractivity contribution in [3.63, 3.8) is 0 Å². The van der Waals surface area contributed by atoms with Crippen molar-refractivity contribution in [1.29, 1.82) is 0 Å². The fraction of sp³-hybridized carbons (Fsp3) is 0.733. The van der Waals surface area contributed by atoms with E-state index in [4.69, 9.17) is 10.5 Å². The molecule has 1 saturated heterocycles. The molecule has 0 radical (unpaired) electrons. The Morgan fingerprint density at radius 3 is 2.71 bits per heavy atom. The predicted molar refractivity (Wildman–Crippen MR) is 81.7 cm³/mol. The van der Waals surface area contributed by atoms with Crippen molar-refractivity contribution in [2.75, 3.05) is 40.8 Å². The molecule has 0 aromatic heterocycles. The number of likely N-dealkylation sites (tertiary alicyclic amines) is 1. The highest BCUT2D eigenvalue weighted by Gasteiger charge is 2.36. The van der Waals surface area contributed by atoms with Crippen molar-refractivity contribution in [3.05, 3.63) is 12.2 Å². The number of nitrogens with two attached hydrogens (primary N) is 1. The lowest BCUT2D eigenvalue weighted by atomic mass is 9.87. The second-order valence-electron chi connectivity index (χ2n) is 5.88. The monoisotopic (exact) mass is 297 g/mol. The van der Waals surface area contributed by atoms with Crippen LogP contribution in [0.3, 0.4) is 0 Å². The average Bonchev–Trinajstić information content (AvgIpc) is 2.45. The quantitative estimate of drug-likeness (QED) is 0.689. The summed E-state index contributed by atoms with van der Waals surface area (Å²) in [5.74, 6) is -0.335. The molecule has 0 bridgehead atoms. The van der Waals surface area contributed by atoms with Crippen molar-refractivity contribution in [2.24, 2.45) is 5.73 Å². The lowest BCUT2D eigenvalue weighted by molar-refractivity contribution is -0.136. The molecule has 1 rings (SSSR count). The van der Waals surface area contributed by atoms with Gasteiger partial charge < -0.3 is 20.3 Å². The van der Waals surface area contributed by atoms with E-state index in [0.717, 1.165) is 25.9 Å². The van der Waals surface area contributed by atoms with Gasteiger partial charge in [0, 0.05) is 39.2 Å². The highest BCUT2D eigenvalue weighted by atomic mass is 16.5. The maximum atomic E-state index is 12.2. The average molecular weight is 297 g/mol. The van der Waals surface area contributed by atoms with Gasteiger partial charge in [0.1, 0.15) is 0 Å². The summed E-state index contributed by atoms with van der Waals surface area (Å²) < 4.78 is 5.62. The molecule has 120 valence electrons. The maximum Gasteiger partial charge on any atom is 0.246 e. The molecule has 0 spiro atoms. The summed E-state index contributed by atoms with van der Waals surface area (Å²) in [5, 5.41) is 0. The number of nitrogens with zero attached hydrogens (tertiary/aromatic N) is 2. The standard InChI is InChI=1S/C15H27N3O3/c1-17(2)10-4-6-14(20)18-11-5-8-15(12-18,21-3)9-7-13(16)19/h4,6H,5,7-12H2,1-3H3,(H2,16,19)/b6-4+. The normalized spacial score (nSPS) is 23.0. The van der Waals surface area contributed by atoms with Crippen LogP contribution >= 0.6 is 0 Å². The van der Waals surface area contributed by atoms with Crippen molar-refractivity contribution in [1.82, 2.24) is 9.80 Å². The first-order chi connectivity index (χ1) is 9.88. The van der Waals surface area contributed by atoms with E-state index in [-0.39, 0.29) is 18.2 Å². The molecule has 21 heavy (non-hydrogen) atoms. The Kier molecular flexibility index (Phi) is 6.84. The van der Waals surface area contributed by atoms with Gasteiger partial charge in [-0.05, 0) is 33.4 Å². The summed E-state index contributed by atoms with van der Waals surface area (Å²) in [7, 11) is 5.54. The molecular formula is C15H27N3O3. The van der Waals surface area contributed by atoms with Gasteiger partial charge in [-0.2, -0.15) is 0 Å². The Bertz CT molecular complexity index is 396. The number of amides is 2. The highest BCUT2D eigenvalue weighted by Crippen LogP contribution is 2.29. The highest BCUT2D eigenvalue weighted by molar-refractivity contribution is 5.87. The third kappa shape index (κ3) is 5.85. The molecule has 1 heterocycles. The van der Waals surface area contributed by atoms with E-state index in [9.17, 15) is 9.59 Å². The van der Waals surface area contributed by atoms with E-state index in [1.54, 1.807) is 18.1 Å². The van der Waals surface area contributed by atoms with Gasteiger partial charge in [0.2, 0.25) is 11.8 Å². The number of methoxy groups -OCH3 is 1. The predicted octanol–water partition coefficient (Wildman–Crippen LogP) is 0.377. The molecule has 2 amide bonds. The number of rotatable bonds is 7. The van der Waals surface area contributed by atoms with Gasteiger partial charge in [0.05, 0.1) is 5.60 Å². The zero-order valence-electron chi connectivity index (χ0n) is 13.3. The Labute approximate surface area is 126 Å². The molecule has 1 unspecified atom stereocenters. The number of ether oxygens (including phenoxy) is 1. The van der Waals surface area contributed by atoms with Crippen LogP contribution in [0.15, 0.2) is 12.2 Å². The van der Waals surface area contributed by atoms with Crippen LogP contribution < -0.4 is 5.73 Å². The van der Waals surface area contributed by atoms with Gasteiger partial charge in [-0.25, -0.2) is 0 Å². The zero-order valence-corrected chi connectivity index (χ0v) is 13.3. The minimum atomic E-state index is -0.446. The first kappa shape index (κ1) is 17.7. The van der Waals surface area contributed by atoms with Crippen molar-refractivity contribution in [3.8, 4) is 0 Å². The van der Waals surface area contributed by atoms with E-state index in [1.807, 2.05) is 25.1 Å². The van der Waals surface area contributed by atoms with Crippen LogP contribution in [0, 0.1) is 0 Å². The Morgan fingerprint density at radius 1 is 1.43 bits per heavy atom. The number of carbonyl (C=O) groups excluding carboxylic acids is 2. The largest absolute Gasteiger partial charge is 0.376 e. The summed E-state index contributed by atoms with van der Waals surface area (Å²) in [4.78, 5) is 27.0. The minimum Gasteiger partial charge on any atom is -0.376 e. The molecule has 0 aromatic carbocycles. The van der Waals surface area contributed by atoms with E-state index in [2.05, 4.69) is 0 Å². The summed E-state index contributed by atoms with van der Waals surface area (Å²) in [6, 6.07) is 0. The molecule has 0 aromatic rings. The minimum absolute atomic E-state index is 0.00273. The van der Waals surface area contributed by atoms with Crippen molar-refractivity contribution >= 4 is 11.8 Å². The molecule has 6 nitrogen and oxygen atoms in total. The molecule has 2 N–H and O–H groups in total. The summed E-state index contributed by atoms with van der Waals surface area (Å²) in [6.07, 6.45) is 6.03. The van der Waals surface area contributed by atoms with Crippen LogP contribution in [-0.2, 0) is 14.3 Å². The van der Waals surface area contributed by atoms with Crippen LogP contribution in [0.2, 0.25) is 0 Å². The van der Waals surface area contributed by atoms with E-state index in [0.29, 0.717) is 13.0 Å². The molecule has 1 atom stereocenters. The fourth-order valence-corrected chi connectivity index (χ4v) is 2.58. The number of piperidine rings is 1. The van der Waals surface area contributed by atoms with Crippen LogP contribution in [0.5, 0.6) is 0 Å².